The molecule has 1 amide bonds. The lowest BCUT2D eigenvalue weighted by molar-refractivity contribution is -0.113. The van der Waals surface area contributed by atoms with Gasteiger partial charge in [0, 0.05) is 18.8 Å². The van der Waals surface area contributed by atoms with Crippen molar-refractivity contribution in [2.24, 2.45) is 0 Å². The van der Waals surface area contributed by atoms with E-state index in [-0.39, 0.29) is 16.7 Å². The Morgan fingerprint density at radius 2 is 2.10 bits per heavy atom. The highest BCUT2D eigenvalue weighted by atomic mass is 35.5. The number of carbonyl (C=O) groups excluding carboxylic acids is 1. The summed E-state index contributed by atoms with van der Waals surface area (Å²) in [6.07, 6.45) is 3.88. The number of nitrogens with one attached hydrogen (secondary N) is 1. The van der Waals surface area contributed by atoms with Crippen molar-refractivity contribution in [3.63, 3.8) is 0 Å². The highest BCUT2D eigenvalue weighted by Gasteiger charge is 2.22. The molecule has 0 aliphatic carbocycles. The van der Waals surface area contributed by atoms with Crippen LogP contribution in [0.1, 0.15) is 18.6 Å². The molecule has 152 valence electrons. The summed E-state index contributed by atoms with van der Waals surface area (Å²) < 4.78 is 20.7. The molecule has 3 aromatic rings. The zero-order chi connectivity index (χ0) is 20.2. The van der Waals surface area contributed by atoms with Gasteiger partial charge in [0.05, 0.1) is 23.6 Å². The highest BCUT2D eigenvalue weighted by molar-refractivity contribution is 7.99. The summed E-state index contributed by atoms with van der Waals surface area (Å²) in [6.45, 7) is 2.36. The number of carbonyl (C=O) groups is 1. The fourth-order valence-electron chi connectivity index (χ4n) is 3.14. The Balaban J connectivity index is 1.45. The van der Waals surface area contributed by atoms with Gasteiger partial charge in [-0.25, -0.2) is 4.39 Å². The van der Waals surface area contributed by atoms with Gasteiger partial charge in [0.25, 0.3) is 0 Å². The molecule has 0 radical (unpaired) electrons. The van der Waals surface area contributed by atoms with Crippen LogP contribution in [0, 0.1) is 5.82 Å². The van der Waals surface area contributed by atoms with E-state index in [9.17, 15) is 9.18 Å². The van der Waals surface area contributed by atoms with E-state index in [0.29, 0.717) is 17.4 Å². The first kappa shape index (κ1) is 19.8. The molecular weight excluding hydrogens is 417 g/mol. The van der Waals surface area contributed by atoms with Crippen LogP contribution in [0.15, 0.2) is 46.2 Å². The van der Waals surface area contributed by atoms with Crippen molar-refractivity contribution < 1.29 is 13.6 Å². The molecule has 7 nitrogen and oxygen atoms in total. The Kier molecular flexibility index (Phi) is 6.05. The van der Waals surface area contributed by atoms with Crippen LogP contribution in [0.5, 0.6) is 0 Å². The van der Waals surface area contributed by atoms with Gasteiger partial charge in [-0.1, -0.05) is 23.4 Å². The first-order chi connectivity index (χ1) is 14.1. The zero-order valence-corrected chi connectivity index (χ0v) is 17.0. The monoisotopic (exact) mass is 435 g/mol. The molecule has 1 N–H and O–H groups in total. The van der Waals surface area contributed by atoms with Crippen molar-refractivity contribution in [3.05, 3.63) is 53.2 Å². The maximum atomic E-state index is 13.3. The molecule has 1 fully saturated rings. The lowest BCUT2D eigenvalue weighted by Gasteiger charge is -2.17. The Morgan fingerprint density at radius 1 is 1.28 bits per heavy atom. The topological polar surface area (TPSA) is 76.2 Å². The molecule has 1 saturated heterocycles. The summed E-state index contributed by atoms with van der Waals surface area (Å²) in [6, 6.07) is 7.79. The minimum absolute atomic E-state index is 0.0381. The lowest BCUT2D eigenvalue weighted by atomic mass is 10.3. The molecule has 0 spiro atoms. The number of anilines is 2. The van der Waals surface area contributed by atoms with Gasteiger partial charge < -0.3 is 14.6 Å². The van der Waals surface area contributed by atoms with E-state index in [1.807, 2.05) is 16.7 Å². The van der Waals surface area contributed by atoms with Gasteiger partial charge in [0.2, 0.25) is 11.9 Å². The van der Waals surface area contributed by atoms with Crippen LogP contribution < -0.4 is 10.2 Å². The maximum absolute atomic E-state index is 13.3. The Bertz CT molecular complexity index is 989. The van der Waals surface area contributed by atoms with E-state index in [1.54, 1.807) is 6.26 Å². The lowest BCUT2D eigenvalue weighted by Crippen LogP contribution is -2.22. The van der Waals surface area contributed by atoms with Gasteiger partial charge in [-0.05, 0) is 43.2 Å². The first-order valence-electron chi connectivity index (χ1n) is 9.18. The Hall–Kier alpha value is -2.52. The molecular formula is C19H19ClFN5O2S. The van der Waals surface area contributed by atoms with Crippen LogP contribution in [0.4, 0.5) is 16.0 Å². The van der Waals surface area contributed by atoms with Crippen LogP contribution in [0.3, 0.4) is 0 Å². The SMILES string of the molecule is O=C(CSc1nnc(N2CCCC2)n1Cc1ccco1)Nc1ccc(F)c(Cl)c1. The minimum Gasteiger partial charge on any atom is -0.467 e. The molecule has 3 heterocycles. The van der Waals surface area contributed by atoms with Crippen LogP contribution in [0.25, 0.3) is 0 Å². The summed E-state index contributed by atoms with van der Waals surface area (Å²) in [4.78, 5) is 14.5. The van der Waals surface area contributed by atoms with E-state index >= 15 is 0 Å². The Morgan fingerprint density at radius 3 is 2.83 bits per heavy atom. The predicted octanol–water partition coefficient (Wildman–Crippen LogP) is 4.04. The number of hydrogen-bond donors (Lipinski definition) is 1. The van der Waals surface area contributed by atoms with Gasteiger partial charge in [-0.2, -0.15) is 0 Å². The number of halogens is 2. The van der Waals surface area contributed by atoms with Crippen molar-refractivity contribution >= 4 is 40.9 Å². The normalized spacial score (nSPS) is 13.8. The quantitative estimate of drug-likeness (QED) is 0.564. The molecule has 1 aliphatic rings. The standard InChI is InChI=1S/C19H19ClFN5O2S/c20-15-10-13(5-6-16(15)21)22-17(27)12-29-19-24-23-18(25-7-1-2-8-25)26(19)11-14-4-3-9-28-14/h3-6,9-10H,1-2,7-8,11-12H2,(H,22,27). The van der Waals surface area contributed by atoms with Crippen molar-refractivity contribution in [1.29, 1.82) is 0 Å². The van der Waals surface area contributed by atoms with Crippen LogP contribution in [0.2, 0.25) is 5.02 Å². The number of benzene rings is 1. The van der Waals surface area contributed by atoms with E-state index in [2.05, 4.69) is 20.4 Å². The third-order valence-electron chi connectivity index (χ3n) is 4.52. The number of nitrogens with zero attached hydrogens (tertiary/aromatic N) is 4. The molecule has 0 atom stereocenters. The molecule has 2 aromatic heterocycles. The van der Waals surface area contributed by atoms with Crippen LogP contribution >= 0.6 is 23.4 Å². The smallest absolute Gasteiger partial charge is 0.234 e. The second-order valence-corrected chi connectivity index (χ2v) is 7.96. The van der Waals surface area contributed by atoms with Gasteiger partial charge in [0.15, 0.2) is 5.16 Å². The number of rotatable bonds is 7. The predicted molar refractivity (Wildman–Crippen MR) is 110 cm³/mol. The molecule has 1 aliphatic heterocycles. The number of furan rings is 1. The number of thioether (sulfide) groups is 1. The summed E-state index contributed by atoms with van der Waals surface area (Å²) in [7, 11) is 0. The van der Waals surface area contributed by atoms with Crippen molar-refractivity contribution in [2.45, 2.75) is 24.5 Å². The molecule has 0 unspecified atom stereocenters. The van der Waals surface area contributed by atoms with Gasteiger partial charge in [0.1, 0.15) is 11.6 Å². The van der Waals surface area contributed by atoms with E-state index in [4.69, 9.17) is 16.0 Å². The summed E-state index contributed by atoms with van der Waals surface area (Å²) in [5.41, 5.74) is 0.441. The fraction of sp³-hybridized carbons (Fsp3) is 0.316. The average Bonchev–Trinajstić information content (AvgIpc) is 3.45. The molecule has 0 saturated carbocycles. The average molecular weight is 436 g/mol. The van der Waals surface area contributed by atoms with Crippen molar-refractivity contribution in [2.75, 3.05) is 29.1 Å². The fourth-order valence-corrected chi connectivity index (χ4v) is 4.05. The van der Waals surface area contributed by atoms with Crippen molar-refractivity contribution in [1.82, 2.24) is 14.8 Å². The number of amides is 1. The molecule has 10 heteroatoms. The first-order valence-corrected chi connectivity index (χ1v) is 10.5. The van der Waals surface area contributed by atoms with Gasteiger partial charge in [-0.15, -0.1) is 10.2 Å². The second kappa shape index (κ2) is 8.87. The van der Waals surface area contributed by atoms with E-state index in [1.165, 1.54) is 30.0 Å². The summed E-state index contributed by atoms with van der Waals surface area (Å²) >= 11 is 7.04. The molecule has 1 aromatic carbocycles. The number of hydrogen-bond acceptors (Lipinski definition) is 6. The number of aromatic nitrogens is 3. The van der Waals surface area contributed by atoms with Crippen molar-refractivity contribution in [3.8, 4) is 0 Å². The van der Waals surface area contributed by atoms with Gasteiger partial charge >= 0.3 is 0 Å². The summed E-state index contributed by atoms with van der Waals surface area (Å²) in [5.74, 6) is 0.933. The van der Waals surface area contributed by atoms with Crippen LogP contribution in [-0.2, 0) is 11.3 Å². The maximum Gasteiger partial charge on any atom is 0.234 e. The van der Waals surface area contributed by atoms with Gasteiger partial charge in [-0.3, -0.25) is 9.36 Å². The molecule has 4 rings (SSSR count). The Labute approximate surface area is 176 Å². The summed E-state index contributed by atoms with van der Waals surface area (Å²) in [5, 5.41) is 11.9. The largest absolute Gasteiger partial charge is 0.467 e. The third-order valence-corrected chi connectivity index (χ3v) is 5.77. The zero-order valence-electron chi connectivity index (χ0n) is 15.5. The molecule has 0 bridgehead atoms. The minimum atomic E-state index is -0.528. The highest BCUT2D eigenvalue weighted by Crippen LogP contribution is 2.26. The van der Waals surface area contributed by atoms with E-state index in [0.717, 1.165) is 37.6 Å². The molecule has 29 heavy (non-hydrogen) atoms. The van der Waals surface area contributed by atoms with Crippen LogP contribution in [-0.4, -0.2) is 39.5 Å². The van der Waals surface area contributed by atoms with E-state index < -0.39 is 5.82 Å². The third kappa shape index (κ3) is 4.73. The second-order valence-electron chi connectivity index (χ2n) is 6.61.